The quantitative estimate of drug-likeness (QED) is 0.652. The molecule has 1 aromatic rings. The SMILES string of the molecule is C=C(C=N)c1cc(F)c(C(=N)/C=C\C2CC(C)(C)NC(C)(C)C2)c(C#N)c1. The van der Waals surface area contributed by atoms with Crippen molar-refractivity contribution in [1.82, 2.24) is 5.32 Å². The summed E-state index contributed by atoms with van der Waals surface area (Å²) in [6, 6.07) is 4.66. The van der Waals surface area contributed by atoms with Gasteiger partial charge in [0.15, 0.2) is 0 Å². The molecule has 1 heterocycles. The second-order valence-corrected chi connectivity index (χ2v) is 8.50. The number of allylic oxidation sites excluding steroid dienone is 3. The lowest BCUT2D eigenvalue weighted by Gasteiger charge is -2.45. The fourth-order valence-corrected chi connectivity index (χ4v) is 4.09. The summed E-state index contributed by atoms with van der Waals surface area (Å²) in [5.41, 5.74) is 0.703. The summed E-state index contributed by atoms with van der Waals surface area (Å²) in [7, 11) is 0. The van der Waals surface area contributed by atoms with Crippen LogP contribution in [0.15, 0.2) is 30.9 Å². The summed E-state index contributed by atoms with van der Waals surface area (Å²) in [6.07, 6.45) is 6.42. The van der Waals surface area contributed by atoms with E-state index < -0.39 is 5.82 Å². The first-order valence-electron chi connectivity index (χ1n) is 8.98. The zero-order chi connectivity index (χ0) is 20.4. The van der Waals surface area contributed by atoms with Crippen LogP contribution in [0.2, 0.25) is 0 Å². The van der Waals surface area contributed by atoms with Crippen LogP contribution in [0.1, 0.15) is 57.2 Å². The van der Waals surface area contributed by atoms with Gasteiger partial charge in [-0.15, -0.1) is 0 Å². The molecular weight excluding hydrogens is 339 g/mol. The third-order valence-electron chi connectivity index (χ3n) is 4.78. The Morgan fingerprint density at radius 2 is 1.89 bits per heavy atom. The van der Waals surface area contributed by atoms with Gasteiger partial charge in [-0.25, -0.2) is 4.39 Å². The molecule has 2 rings (SSSR count). The van der Waals surface area contributed by atoms with E-state index in [-0.39, 0.29) is 33.8 Å². The van der Waals surface area contributed by atoms with Gasteiger partial charge in [0.2, 0.25) is 0 Å². The van der Waals surface area contributed by atoms with Crippen molar-refractivity contribution in [1.29, 1.82) is 16.1 Å². The molecule has 0 amide bonds. The fraction of sp³-hybridized carbons (Fsp3) is 0.409. The third kappa shape index (κ3) is 4.99. The largest absolute Gasteiger partial charge is 0.308 e. The Hall–Kier alpha value is -2.58. The molecule has 3 N–H and O–H groups in total. The molecule has 0 bridgehead atoms. The number of piperidine rings is 1. The van der Waals surface area contributed by atoms with Crippen LogP contribution in [0.5, 0.6) is 0 Å². The molecule has 0 aromatic heterocycles. The highest BCUT2D eigenvalue weighted by Gasteiger charge is 2.36. The van der Waals surface area contributed by atoms with Gasteiger partial charge in [0.05, 0.1) is 22.9 Å². The van der Waals surface area contributed by atoms with Crippen molar-refractivity contribution in [2.75, 3.05) is 0 Å². The van der Waals surface area contributed by atoms with Crippen molar-refractivity contribution in [3.8, 4) is 6.07 Å². The minimum absolute atomic E-state index is 0.0114. The van der Waals surface area contributed by atoms with Gasteiger partial charge in [0, 0.05) is 17.3 Å². The smallest absolute Gasteiger partial charge is 0.134 e. The van der Waals surface area contributed by atoms with Crippen molar-refractivity contribution in [2.45, 2.75) is 51.6 Å². The van der Waals surface area contributed by atoms with E-state index in [0.717, 1.165) is 19.1 Å². The second-order valence-electron chi connectivity index (χ2n) is 8.50. The number of rotatable bonds is 5. The third-order valence-corrected chi connectivity index (χ3v) is 4.78. The highest BCUT2D eigenvalue weighted by molar-refractivity contribution is 6.10. The monoisotopic (exact) mass is 366 g/mol. The van der Waals surface area contributed by atoms with Crippen LogP contribution < -0.4 is 5.32 Å². The first-order chi connectivity index (χ1) is 12.5. The van der Waals surface area contributed by atoms with E-state index in [1.54, 1.807) is 6.08 Å². The Labute approximate surface area is 160 Å². The van der Waals surface area contributed by atoms with E-state index in [9.17, 15) is 9.65 Å². The Morgan fingerprint density at radius 3 is 2.41 bits per heavy atom. The highest BCUT2D eigenvalue weighted by Crippen LogP contribution is 2.33. The van der Waals surface area contributed by atoms with Gasteiger partial charge in [0.1, 0.15) is 5.82 Å². The summed E-state index contributed by atoms with van der Waals surface area (Å²) in [6.45, 7) is 12.3. The molecule has 0 atom stereocenters. The Bertz CT molecular complexity index is 840. The topological polar surface area (TPSA) is 83.5 Å². The van der Waals surface area contributed by atoms with Gasteiger partial charge in [-0.1, -0.05) is 12.7 Å². The summed E-state index contributed by atoms with van der Waals surface area (Å²) < 4.78 is 14.6. The molecule has 4 nitrogen and oxygen atoms in total. The van der Waals surface area contributed by atoms with E-state index in [4.69, 9.17) is 10.8 Å². The maximum atomic E-state index is 14.6. The lowest BCUT2D eigenvalue weighted by atomic mass is 9.75. The van der Waals surface area contributed by atoms with Crippen LogP contribution in [0, 0.1) is 33.9 Å². The average Bonchev–Trinajstić information content (AvgIpc) is 2.55. The van der Waals surface area contributed by atoms with E-state index in [0.29, 0.717) is 11.1 Å². The Kier molecular flexibility index (Phi) is 5.82. The summed E-state index contributed by atoms with van der Waals surface area (Å²) in [4.78, 5) is 0. The minimum Gasteiger partial charge on any atom is -0.308 e. The van der Waals surface area contributed by atoms with Crippen molar-refractivity contribution in [2.24, 2.45) is 5.92 Å². The Balaban J connectivity index is 2.30. The van der Waals surface area contributed by atoms with Crippen molar-refractivity contribution in [3.63, 3.8) is 0 Å². The number of halogens is 1. The molecular formula is C22H27FN4. The molecule has 0 spiro atoms. The van der Waals surface area contributed by atoms with E-state index in [1.165, 1.54) is 12.1 Å². The van der Waals surface area contributed by atoms with Crippen LogP contribution in [0.4, 0.5) is 4.39 Å². The van der Waals surface area contributed by atoms with Crippen LogP contribution in [-0.4, -0.2) is 23.0 Å². The maximum absolute atomic E-state index is 14.6. The molecule has 0 unspecified atom stereocenters. The number of benzene rings is 1. The molecule has 142 valence electrons. The number of hydrogen-bond acceptors (Lipinski definition) is 4. The van der Waals surface area contributed by atoms with E-state index in [2.05, 4.69) is 39.6 Å². The van der Waals surface area contributed by atoms with Crippen LogP contribution in [0.3, 0.4) is 0 Å². The van der Waals surface area contributed by atoms with Crippen LogP contribution in [-0.2, 0) is 0 Å². The summed E-state index contributed by atoms with van der Waals surface area (Å²) in [5.74, 6) is -0.380. The fourth-order valence-electron chi connectivity index (χ4n) is 4.09. The van der Waals surface area contributed by atoms with Gasteiger partial charge in [-0.05, 0) is 75.8 Å². The molecule has 1 fully saturated rings. The number of hydrogen-bond donors (Lipinski definition) is 3. The predicted molar refractivity (Wildman–Crippen MR) is 109 cm³/mol. The number of nitrogens with zero attached hydrogens (tertiary/aromatic N) is 1. The van der Waals surface area contributed by atoms with Crippen molar-refractivity contribution < 1.29 is 4.39 Å². The standard InChI is InChI=1S/C22H27FN4/c1-14(12-24)16-8-17(13-25)20(18(23)9-16)19(26)7-6-15-10-21(2,3)27-22(4,5)11-15/h6-9,12,15,24,26-27H,1,10-11H2,2-5H3/b7-6-,24-12?,26-19?. The number of nitrogens with one attached hydrogen (secondary N) is 3. The molecule has 1 aliphatic rings. The van der Waals surface area contributed by atoms with Crippen LogP contribution >= 0.6 is 0 Å². The highest BCUT2D eigenvalue weighted by atomic mass is 19.1. The Morgan fingerprint density at radius 1 is 1.30 bits per heavy atom. The summed E-state index contributed by atoms with van der Waals surface area (Å²) in [5, 5.41) is 28.5. The first kappa shape index (κ1) is 20.7. The molecule has 5 heteroatoms. The van der Waals surface area contributed by atoms with E-state index >= 15 is 0 Å². The minimum atomic E-state index is -0.646. The molecule has 0 aliphatic carbocycles. The van der Waals surface area contributed by atoms with Crippen molar-refractivity contribution >= 4 is 17.5 Å². The van der Waals surface area contributed by atoms with Gasteiger partial charge < -0.3 is 16.1 Å². The normalized spacial score (nSPS) is 18.8. The maximum Gasteiger partial charge on any atom is 0.134 e. The van der Waals surface area contributed by atoms with Crippen molar-refractivity contribution in [3.05, 3.63) is 53.4 Å². The van der Waals surface area contributed by atoms with Gasteiger partial charge in [0.25, 0.3) is 0 Å². The molecule has 0 radical (unpaired) electrons. The van der Waals surface area contributed by atoms with E-state index in [1.807, 2.05) is 12.1 Å². The first-order valence-corrected chi connectivity index (χ1v) is 8.98. The van der Waals surface area contributed by atoms with Gasteiger partial charge >= 0.3 is 0 Å². The average molecular weight is 366 g/mol. The molecule has 1 aliphatic heterocycles. The molecule has 27 heavy (non-hydrogen) atoms. The van der Waals surface area contributed by atoms with Gasteiger partial charge in [-0.2, -0.15) is 5.26 Å². The zero-order valence-corrected chi connectivity index (χ0v) is 16.4. The zero-order valence-electron chi connectivity index (χ0n) is 16.4. The number of nitriles is 1. The summed E-state index contributed by atoms with van der Waals surface area (Å²) >= 11 is 0. The predicted octanol–water partition coefficient (Wildman–Crippen LogP) is 4.84. The molecule has 1 saturated heterocycles. The lowest BCUT2D eigenvalue weighted by Crippen LogP contribution is -2.57. The van der Waals surface area contributed by atoms with Gasteiger partial charge in [-0.3, -0.25) is 0 Å². The van der Waals surface area contributed by atoms with Crippen LogP contribution in [0.25, 0.3) is 5.57 Å². The lowest BCUT2D eigenvalue weighted by molar-refractivity contribution is 0.150. The second kappa shape index (κ2) is 7.58. The molecule has 1 aromatic carbocycles. The molecule has 0 saturated carbocycles.